The lowest BCUT2D eigenvalue weighted by molar-refractivity contribution is 0.0600. The van der Waals surface area contributed by atoms with Crippen LogP contribution in [0.25, 0.3) is 33.6 Å². The molecule has 0 aliphatic carbocycles. The lowest BCUT2D eigenvalue weighted by atomic mass is 10.2. The number of methoxy groups -OCH3 is 2. The van der Waals surface area contributed by atoms with E-state index < -0.39 is 5.97 Å². The quantitative estimate of drug-likeness (QED) is 0.134. The van der Waals surface area contributed by atoms with Crippen LogP contribution in [0.1, 0.15) is 54.7 Å². The van der Waals surface area contributed by atoms with E-state index in [0.29, 0.717) is 16.8 Å². The largest absolute Gasteiger partial charge is 0.494 e. The minimum Gasteiger partial charge on any atom is -0.494 e. The average molecular weight is 516 g/mol. The van der Waals surface area contributed by atoms with Gasteiger partial charge in [-0.15, -0.1) is 13.2 Å². The van der Waals surface area contributed by atoms with E-state index in [9.17, 15) is 4.79 Å². The van der Waals surface area contributed by atoms with Gasteiger partial charge in [-0.1, -0.05) is 12.2 Å². The van der Waals surface area contributed by atoms with Gasteiger partial charge in [0.1, 0.15) is 16.9 Å². The Kier molecular flexibility index (Phi) is 8.63. The second kappa shape index (κ2) is 12.1. The summed E-state index contributed by atoms with van der Waals surface area (Å²) in [4.78, 5) is 22.3. The van der Waals surface area contributed by atoms with Gasteiger partial charge in [0.2, 0.25) is 0 Å². The van der Waals surface area contributed by atoms with Gasteiger partial charge in [-0.3, -0.25) is 0 Å². The number of unbranched alkanes of at least 4 members (excludes halogenated alkanes) is 2. The van der Waals surface area contributed by atoms with Gasteiger partial charge in [0, 0.05) is 25.0 Å². The van der Waals surface area contributed by atoms with Gasteiger partial charge in [0.25, 0.3) is 0 Å². The molecule has 0 aliphatic heterocycles. The zero-order valence-corrected chi connectivity index (χ0v) is 22.8. The first kappa shape index (κ1) is 27.1. The summed E-state index contributed by atoms with van der Waals surface area (Å²) in [6.07, 6.45) is 7.76. The van der Waals surface area contributed by atoms with E-state index in [2.05, 4.69) is 48.2 Å². The first-order valence-corrected chi connectivity index (χ1v) is 13.0. The van der Waals surface area contributed by atoms with Crippen molar-refractivity contribution in [2.45, 2.75) is 45.2 Å². The Bertz CT molecular complexity index is 1470. The van der Waals surface area contributed by atoms with Crippen molar-refractivity contribution >= 4 is 28.0 Å². The first-order valence-electron chi connectivity index (χ1n) is 13.0. The standard InChI is InChI=1S/C30H37N5O3/c1-7-9-11-15-31-20(3)23-14-13-21-18-25(35(28(21)32-23)16-12-10-8-2)29-33-24-17-22(30(36)38-6)19-26(37-5)27(24)34(29)4/h7-8,13-14,17-20,31H,1-2,9-12,15-16H2,3-6H3/t20-/m1/s1. The number of nitrogens with one attached hydrogen (secondary N) is 1. The molecule has 200 valence electrons. The molecule has 0 unspecified atom stereocenters. The molecular weight excluding hydrogens is 478 g/mol. The Morgan fingerprint density at radius 3 is 2.58 bits per heavy atom. The number of hydrogen-bond acceptors (Lipinski definition) is 6. The number of esters is 1. The van der Waals surface area contributed by atoms with Crippen molar-refractivity contribution in [2.24, 2.45) is 7.05 Å². The van der Waals surface area contributed by atoms with Crippen molar-refractivity contribution in [3.63, 3.8) is 0 Å². The van der Waals surface area contributed by atoms with Crippen LogP contribution in [0.5, 0.6) is 5.75 Å². The summed E-state index contributed by atoms with van der Waals surface area (Å²) < 4.78 is 14.8. The van der Waals surface area contributed by atoms with Crippen LogP contribution in [0.4, 0.5) is 0 Å². The van der Waals surface area contributed by atoms with Gasteiger partial charge in [0.15, 0.2) is 5.82 Å². The SMILES string of the molecule is C=CCCCN[C@H](C)c1ccc2cc(-c3nc4cc(C(=O)OC)cc(OC)c4n3C)n(CCCC=C)c2n1. The second-order valence-electron chi connectivity index (χ2n) is 9.40. The highest BCUT2D eigenvalue weighted by Crippen LogP contribution is 2.34. The number of imidazole rings is 1. The third-order valence-electron chi connectivity index (χ3n) is 6.84. The third-order valence-corrected chi connectivity index (χ3v) is 6.84. The maximum atomic E-state index is 12.2. The number of fused-ring (bicyclic) bond motifs is 2. The number of carbonyl (C=O) groups excluding carboxylic acids is 1. The third kappa shape index (κ3) is 5.36. The summed E-state index contributed by atoms with van der Waals surface area (Å²) >= 11 is 0. The van der Waals surface area contributed by atoms with Crippen LogP contribution in [0.3, 0.4) is 0 Å². The zero-order chi connectivity index (χ0) is 27.2. The molecule has 0 aliphatic rings. The maximum absolute atomic E-state index is 12.2. The summed E-state index contributed by atoms with van der Waals surface area (Å²) in [5, 5.41) is 4.62. The fraction of sp³-hybridized carbons (Fsp3) is 0.367. The van der Waals surface area contributed by atoms with Gasteiger partial charge in [0.05, 0.1) is 36.7 Å². The number of hydrogen-bond donors (Lipinski definition) is 1. The highest BCUT2D eigenvalue weighted by Gasteiger charge is 2.22. The molecule has 1 N–H and O–H groups in total. The molecule has 1 atom stereocenters. The number of ether oxygens (including phenoxy) is 2. The maximum Gasteiger partial charge on any atom is 0.338 e. The number of allylic oxidation sites excluding steroid dienone is 2. The molecule has 38 heavy (non-hydrogen) atoms. The van der Waals surface area contributed by atoms with Crippen molar-refractivity contribution in [1.29, 1.82) is 0 Å². The number of rotatable bonds is 13. The summed E-state index contributed by atoms with van der Waals surface area (Å²) in [6.45, 7) is 11.5. The van der Waals surface area contributed by atoms with Crippen LogP contribution in [0, 0.1) is 0 Å². The summed E-state index contributed by atoms with van der Waals surface area (Å²) in [7, 11) is 4.92. The van der Waals surface area contributed by atoms with Gasteiger partial charge in [-0.2, -0.15) is 0 Å². The van der Waals surface area contributed by atoms with Gasteiger partial charge in [-0.05, 0) is 69.5 Å². The second-order valence-corrected chi connectivity index (χ2v) is 9.40. The Hall–Kier alpha value is -3.91. The highest BCUT2D eigenvalue weighted by atomic mass is 16.5. The van der Waals surface area contributed by atoms with E-state index in [4.69, 9.17) is 19.4 Å². The molecule has 4 rings (SSSR count). The Morgan fingerprint density at radius 1 is 1.11 bits per heavy atom. The fourth-order valence-electron chi connectivity index (χ4n) is 4.79. The van der Waals surface area contributed by atoms with Crippen molar-refractivity contribution in [3.05, 3.63) is 66.9 Å². The molecule has 0 fully saturated rings. The molecule has 3 aromatic heterocycles. The first-order chi connectivity index (χ1) is 18.4. The number of aromatic nitrogens is 4. The molecule has 0 saturated carbocycles. The van der Waals surface area contributed by atoms with Crippen LogP contribution in [-0.4, -0.2) is 45.8 Å². The van der Waals surface area contributed by atoms with Crippen LogP contribution in [0.15, 0.2) is 55.6 Å². The predicted molar refractivity (Wildman–Crippen MR) is 153 cm³/mol. The van der Waals surface area contributed by atoms with Crippen molar-refractivity contribution in [2.75, 3.05) is 20.8 Å². The van der Waals surface area contributed by atoms with Gasteiger partial charge < -0.3 is 23.9 Å². The number of nitrogens with zero attached hydrogens (tertiary/aromatic N) is 4. The number of benzene rings is 1. The average Bonchev–Trinajstić information content (AvgIpc) is 3.46. The molecule has 0 bridgehead atoms. The number of pyridine rings is 1. The topological polar surface area (TPSA) is 83.2 Å². The predicted octanol–water partition coefficient (Wildman–Crippen LogP) is 5.97. The normalized spacial score (nSPS) is 12.1. The molecule has 1 aromatic carbocycles. The van der Waals surface area contributed by atoms with Crippen LogP contribution < -0.4 is 10.1 Å². The molecule has 8 nitrogen and oxygen atoms in total. The van der Waals surface area contributed by atoms with Gasteiger partial charge in [-0.25, -0.2) is 14.8 Å². The Labute approximate surface area is 224 Å². The van der Waals surface area contributed by atoms with E-state index in [0.717, 1.165) is 72.5 Å². The zero-order valence-electron chi connectivity index (χ0n) is 22.8. The molecule has 4 aromatic rings. The minimum atomic E-state index is -0.431. The van der Waals surface area contributed by atoms with Crippen molar-refractivity contribution in [1.82, 2.24) is 24.4 Å². The highest BCUT2D eigenvalue weighted by molar-refractivity contribution is 5.97. The number of aryl methyl sites for hydroxylation is 2. The smallest absolute Gasteiger partial charge is 0.338 e. The van der Waals surface area contributed by atoms with E-state index in [1.54, 1.807) is 19.2 Å². The van der Waals surface area contributed by atoms with Crippen LogP contribution in [-0.2, 0) is 18.3 Å². The van der Waals surface area contributed by atoms with Crippen LogP contribution >= 0.6 is 0 Å². The van der Waals surface area contributed by atoms with Crippen molar-refractivity contribution < 1.29 is 14.3 Å². The number of carbonyl (C=O) groups is 1. The molecule has 3 heterocycles. The van der Waals surface area contributed by atoms with Crippen molar-refractivity contribution in [3.8, 4) is 17.3 Å². The molecule has 0 saturated heterocycles. The molecule has 0 radical (unpaired) electrons. The summed E-state index contributed by atoms with van der Waals surface area (Å²) in [5.41, 5.74) is 4.76. The van der Waals surface area contributed by atoms with E-state index in [1.165, 1.54) is 7.11 Å². The minimum absolute atomic E-state index is 0.126. The molecular formula is C30H37N5O3. The van der Waals surface area contributed by atoms with E-state index in [1.807, 2.05) is 23.8 Å². The van der Waals surface area contributed by atoms with E-state index in [-0.39, 0.29) is 6.04 Å². The van der Waals surface area contributed by atoms with E-state index >= 15 is 0 Å². The molecule has 0 spiro atoms. The summed E-state index contributed by atoms with van der Waals surface area (Å²) in [6, 6.07) is 9.92. The fourth-order valence-corrected chi connectivity index (χ4v) is 4.79. The Morgan fingerprint density at radius 2 is 1.87 bits per heavy atom. The molecule has 8 heteroatoms. The monoisotopic (exact) mass is 515 g/mol. The van der Waals surface area contributed by atoms with Gasteiger partial charge >= 0.3 is 5.97 Å². The lowest BCUT2D eigenvalue weighted by Gasteiger charge is -2.14. The molecule has 0 amide bonds. The summed E-state index contributed by atoms with van der Waals surface area (Å²) in [5.74, 6) is 0.907. The lowest BCUT2D eigenvalue weighted by Crippen LogP contribution is -2.20. The Balaban J connectivity index is 1.82. The van der Waals surface area contributed by atoms with Crippen LogP contribution in [0.2, 0.25) is 0 Å².